The summed E-state index contributed by atoms with van der Waals surface area (Å²) < 4.78 is 10.8. The molecular weight excluding hydrogens is 436 g/mol. The Morgan fingerprint density at radius 1 is 0.941 bits per heavy atom. The largest absolute Gasteiger partial charge is 0.479 e. The average molecular weight is 465 g/mol. The molecule has 0 aromatic heterocycles. The summed E-state index contributed by atoms with van der Waals surface area (Å²) in [6, 6.07) is 16.9. The highest BCUT2D eigenvalue weighted by Gasteiger charge is 2.52. The molecule has 2 amide bonds. The van der Waals surface area contributed by atoms with Gasteiger partial charge in [-0.2, -0.15) is 0 Å². The first-order chi connectivity index (χ1) is 16.5. The maximum absolute atomic E-state index is 13.3. The SMILES string of the molecule is O=C(O)COC(=O)N(C1CC1)C1c2ccccc2N(C(=O)OCc2ccccc2)C2CCCC21. The predicted molar refractivity (Wildman–Crippen MR) is 123 cm³/mol. The van der Waals surface area contributed by atoms with Crippen LogP contribution in [-0.4, -0.2) is 46.9 Å². The first kappa shape index (κ1) is 22.3. The molecule has 0 spiro atoms. The molecule has 2 saturated carbocycles. The average Bonchev–Trinajstić information content (AvgIpc) is 3.57. The summed E-state index contributed by atoms with van der Waals surface area (Å²) in [4.78, 5) is 40.9. The van der Waals surface area contributed by atoms with Gasteiger partial charge in [0.1, 0.15) is 6.61 Å². The topological polar surface area (TPSA) is 96.4 Å². The highest BCUT2D eigenvalue weighted by Crippen LogP contribution is 2.52. The van der Waals surface area contributed by atoms with Crippen molar-refractivity contribution in [3.05, 3.63) is 65.7 Å². The van der Waals surface area contributed by atoms with Crippen LogP contribution in [0.1, 0.15) is 49.3 Å². The molecule has 8 heteroatoms. The van der Waals surface area contributed by atoms with Gasteiger partial charge in [0.2, 0.25) is 0 Å². The molecule has 0 radical (unpaired) electrons. The summed E-state index contributed by atoms with van der Waals surface area (Å²) in [5.41, 5.74) is 2.54. The van der Waals surface area contributed by atoms with Crippen LogP contribution in [0.4, 0.5) is 15.3 Å². The number of hydrogen-bond donors (Lipinski definition) is 1. The molecular formula is C26H28N2O6. The molecule has 178 valence electrons. The second kappa shape index (κ2) is 9.37. The van der Waals surface area contributed by atoms with Crippen LogP contribution in [-0.2, 0) is 20.9 Å². The van der Waals surface area contributed by atoms with E-state index in [2.05, 4.69) is 0 Å². The molecule has 2 fully saturated rings. The maximum atomic E-state index is 13.3. The lowest BCUT2D eigenvalue weighted by Gasteiger charge is -2.46. The van der Waals surface area contributed by atoms with E-state index in [0.717, 1.165) is 48.9 Å². The van der Waals surface area contributed by atoms with Crippen LogP contribution in [0.2, 0.25) is 0 Å². The van der Waals surface area contributed by atoms with Gasteiger partial charge in [0, 0.05) is 18.0 Å². The number of fused-ring (bicyclic) bond motifs is 2. The number of nitrogens with zero attached hydrogens (tertiary/aromatic N) is 2. The van der Waals surface area contributed by atoms with Gasteiger partial charge in [-0.05, 0) is 42.9 Å². The molecule has 3 aliphatic rings. The van der Waals surface area contributed by atoms with Crippen molar-refractivity contribution in [3.8, 4) is 0 Å². The summed E-state index contributed by atoms with van der Waals surface area (Å²) >= 11 is 0. The van der Waals surface area contributed by atoms with Crippen molar-refractivity contribution in [1.29, 1.82) is 0 Å². The van der Waals surface area contributed by atoms with Gasteiger partial charge < -0.3 is 14.6 Å². The zero-order valence-corrected chi connectivity index (χ0v) is 18.8. The molecule has 0 bridgehead atoms. The van der Waals surface area contributed by atoms with E-state index in [4.69, 9.17) is 14.6 Å². The second-order valence-corrected chi connectivity index (χ2v) is 9.16. The lowest BCUT2D eigenvalue weighted by atomic mass is 9.82. The van der Waals surface area contributed by atoms with Crippen molar-refractivity contribution in [1.82, 2.24) is 4.90 Å². The van der Waals surface area contributed by atoms with Crippen LogP contribution in [0.5, 0.6) is 0 Å². The number of carbonyl (C=O) groups excluding carboxylic acids is 2. The first-order valence-electron chi connectivity index (χ1n) is 11.8. The summed E-state index contributed by atoms with van der Waals surface area (Å²) in [7, 11) is 0. The van der Waals surface area contributed by atoms with Crippen LogP contribution in [0.25, 0.3) is 0 Å². The number of anilines is 1. The number of aliphatic carboxylic acids is 1. The Morgan fingerprint density at radius 2 is 1.68 bits per heavy atom. The van der Waals surface area contributed by atoms with E-state index < -0.39 is 24.8 Å². The third-order valence-electron chi connectivity index (χ3n) is 6.96. The van der Waals surface area contributed by atoms with Crippen molar-refractivity contribution in [3.63, 3.8) is 0 Å². The molecule has 1 aliphatic heterocycles. The number of rotatable bonds is 6. The summed E-state index contributed by atoms with van der Waals surface area (Å²) in [6.07, 6.45) is 3.35. The van der Waals surface area contributed by atoms with Crippen LogP contribution in [0.3, 0.4) is 0 Å². The van der Waals surface area contributed by atoms with Crippen LogP contribution >= 0.6 is 0 Å². The van der Waals surface area contributed by atoms with E-state index in [-0.39, 0.29) is 30.7 Å². The molecule has 8 nitrogen and oxygen atoms in total. The standard InChI is InChI=1S/C26H28N2O6/c29-23(30)16-34-25(31)27(18-13-14-18)24-19-9-4-5-11-21(19)28(22-12-6-10-20(22)24)26(32)33-15-17-7-2-1-3-8-17/h1-5,7-9,11,18,20,22,24H,6,10,12-16H2,(H,29,30). The Morgan fingerprint density at radius 3 is 2.41 bits per heavy atom. The fraction of sp³-hybridized carbons (Fsp3) is 0.423. The summed E-state index contributed by atoms with van der Waals surface area (Å²) in [6.45, 7) is -0.475. The number of carboxylic acids is 1. The van der Waals surface area contributed by atoms with Gasteiger partial charge in [-0.25, -0.2) is 14.4 Å². The Kier molecular flexibility index (Phi) is 6.13. The molecule has 2 aromatic rings. The van der Waals surface area contributed by atoms with Crippen molar-refractivity contribution in [2.45, 2.75) is 56.8 Å². The molecule has 2 aromatic carbocycles. The number of benzene rings is 2. The number of amides is 2. The zero-order chi connectivity index (χ0) is 23.7. The van der Waals surface area contributed by atoms with Crippen molar-refractivity contribution >= 4 is 23.8 Å². The van der Waals surface area contributed by atoms with E-state index >= 15 is 0 Å². The predicted octanol–water partition coefficient (Wildman–Crippen LogP) is 4.74. The van der Waals surface area contributed by atoms with Gasteiger partial charge in [-0.3, -0.25) is 9.80 Å². The molecule has 1 heterocycles. The number of carbonyl (C=O) groups is 3. The first-order valence-corrected chi connectivity index (χ1v) is 11.8. The van der Waals surface area contributed by atoms with Crippen molar-refractivity contribution < 1.29 is 29.0 Å². The maximum Gasteiger partial charge on any atom is 0.414 e. The summed E-state index contributed by atoms with van der Waals surface area (Å²) in [5.74, 6) is -1.16. The van der Waals surface area contributed by atoms with Gasteiger partial charge in [0.25, 0.3) is 0 Å². The van der Waals surface area contributed by atoms with Gasteiger partial charge in [-0.1, -0.05) is 55.0 Å². The fourth-order valence-corrected chi connectivity index (χ4v) is 5.44. The van der Waals surface area contributed by atoms with Gasteiger partial charge in [0.15, 0.2) is 6.61 Å². The monoisotopic (exact) mass is 464 g/mol. The minimum absolute atomic E-state index is 0.0251. The quantitative estimate of drug-likeness (QED) is 0.663. The van der Waals surface area contributed by atoms with Gasteiger partial charge in [0.05, 0.1) is 11.7 Å². The molecule has 34 heavy (non-hydrogen) atoms. The summed E-state index contributed by atoms with van der Waals surface area (Å²) in [5, 5.41) is 8.99. The molecule has 1 N–H and O–H groups in total. The van der Waals surface area contributed by atoms with E-state index in [1.807, 2.05) is 54.6 Å². The number of ether oxygens (including phenoxy) is 2. The van der Waals surface area contributed by atoms with E-state index in [0.29, 0.717) is 0 Å². The van der Waals surface area contributed by atoms with Crippen molar-refractivity contribution in [2.75, 3.05) is 11.5 Å². The van der Waals surface area contributed by atoms with Crippen LogP contribution in [0.15, 0.2) is 54.6 Å². The van der Waals surface area contributed by atoms with Gasteiger partial charge >= 0.3 is 18.2 Å². The van der Waals surface area contributed by atoms with E-state index in [1.54, 1.807) is 9.80 Å². The fourth-order valence-electron chi connectivity index (χ4n) is 5.44. The van der Waals surface area contributed by atoms with Gasteiger partial charge in [-0.15, -0.1) is 0 Å². The Bertz CT molecular complexity index is 1070. The smallest absolute Gasteiger partial charge is 0.414 e. The Labute approximate surface area is 198 Å². The van der Waals surface area contributed by atoms with Crippen LogP contribution < -0.4 is 4.90 Å². The third kappa shape index (κ3) is 4.32. The Balaban J connectivity index is 1.46. The number of hydrogen-bond acceptors (Lipinski definition) is 5. The highest BCUT2D eigenvalue weighted by molar-refractivity contribution is 5.91. The molecule has 5 rings (SSSR count). The number of carboxylic acid groups (broad SMARTS) is 1. The normalized spacial score (nSPS) is 22.9. The molecule has 2 aliphatic carbocycles. The van der Waals surface area contributed by atoms with E-state index in [1.165, 1.54) is 0 Å². The third-order valence-corrected chi connectivity index (χ3v) is 6.96. The minimum atomic E-state index is -1.18. The lowest BCUT2D eigenvalue weighted by molar-refractivity contribution is -0.140. The second-order valence-electron chi connectivity index (χ2n) is 9.16. The highest BCUT2D eigenvalue weighted by atomic mass is 16.6. The Hall–Kier alpha value is -3.55. The van der Waals surface area contributed by atoms with E-state index in [9.17, 15) is 14.4 Å². The van der Waals surface area contributed by atoms with Crippen LogP contribution in [0, 0.1) is 5.92 Å². The van der Waals surface area contributed by atoms with Crippen molar-refractivity contribution in [2.24, 2.45) is 5.92 Å². The molecule has 0 saturated heterocycles. The zero-order valence-electron chi connectivity index (χ0n) is 18.8. The molecule has 3 unspecified atom stereocenters. The number of para-hydroxylation sites is 1. The lowest BCUT2D eigenvalue weighted by Crippen LogP contribution is -2.53. The minimum Gasteiger partial charge on any atom is -0.479 e. The molecule has 3 atom stereocenters.